The van der Waals surface area contributed by atoms with E-state index in [4.69, 9.17) is 0 Å². The molecule has 0 aromatic heterocycles. The van der Waals surface area contributed by atoms with E-state index in [1.54, 1.807) is 0 Å². The van der Waals surface area contributed by atoms with E-state index in [0.29, 0.717) is 12.2 Å². The molecule has 132 valence electrons. The third-order valence-corrected chi connectivity index (χ3v) is 5.50. The van der Waals surface area contributed by atoms with Gasteiger partial charge in [-0.15, -0.1) is 11.8 Å². The number of carboxylic acids is 1. The zero-order valence-electron chi connectivity index (χ0n) is 15.0. The van der Waals surface area contributed by atoms with E-state index in [9.17, 15) is 14.7 Å². The highest BCUT2D eigenvalue weighted by atomic mass is 32.2. The van der Waals surface area contributed by atoms with Crippen molar-refractivity contribution in [1.82, 2.24) is 4.90 Å². The van der Waals surface area contributed by atoms with Gasteiger partial charge in [0.25, 0.3) is 0 Å². The first-order valence-corrected chi connectivity index (χ1v) is 9.40. The lowest BCUT2D eigenvalue weighted by Crippen LogP contribution is -2.50. The second-order valence-electron chi connectivity index (χ2n) is 7.80. The standard InChI is InChI=1S/C19H27NO3S/c1-12(2)10-15(18(22)23)20-16(21)11-24-17(20)13-6-8-14(9-7-13)19(3,4)5/h6-9,12,15,17H,10-11H2,1-5H3,(H,22,23)/p-1/t15-,17+/m0/s1. The van der Waals surface area contributed by atoms with Gasteiger partial charge in [-0.3, -0.25) is 4.79 Å². The maximum absolute atomic E-state index is 12.3. The minimum Gasteiger partial charge on any atom is -0.548 e. The van der Waals surface area contributed by atoms with Crippen LogP contribution in [0.3, 0.4) is 0 Å². The lowest BCUT2D eigenvalue weighted by Gasteiger charge is -2.34. The summed E-state index contributed by atoms with van der Waals surface area (Å²) in [7, 11) is 0. The molecule has 1 aliphatic heterocycles. The second kappa shape index (κ2) is 7.18. The first-order chi connectivity index (χ1) is 11.1. The van der Waals surface area contributed by atoms with Crippen molar-refractivity contribution in [3.63, 3.8) is 0 Å². The van der Waals surface area contributed by atoms with Crippen LogP contribution in [0.1, 0.15) is 57.5 Å². The summed E-state index contributed by atoms with van der Waals surface area (Å²) in [4.78, 5) is 25.4. The van der Waals surface area contributed by atoms with Crippen molar-refractivity contribution < 1.29 is 14.7 Å². The molecular formula is C19H26NO3S-. The number of hydrogen-bond donors (Lipinski definition) is 0. The Morgan fingerprint density at radius 3 is 2.33 bits per heavy atom. The third kappa shape index (κ3) is 4.12. The van der Waals surface area contributed by atoms with Gasteiger partial charge >= 0.3 is 0 Å². The van der Waals surface area contributed by atoms with Crippen LogP contribution in [0.2, 0.25) is 0 Å². The molecule has 2 atom stereocenters. The normalized spacial score (nSPS) is 19.8. The van der Waals surface area contributed by atoms with Gasteiger partial charge in [-0.1, -0.05) is 58.9 Å². The number of carboxylic acid groups (broad SMARTS) is 1. The molecule has 0 radical (unpaired) electrons. The van der Waals surface area contributed by atoms with Crippen LogP contribution in [0.5, 0.6) is 0 Å². The van der Waals surface area contributed by atoms with Gasteiger partial charge in [0.1, 0.15) is 5.37 Å². The summed E-state index contributed by atoms with van der Waals surface area (Å²) in [5, 5.41) is 11.4. The first kappa shape index (κ1) is 18.8. The van der Waals surface area contributed by atoms with E-state index in [0.717, 1.165) is 5.56 Å². The van der Waals surface area contributed by atoms with E-state index < -0.39 is 12.0 Å². The number of aliphatic carboxylic acids is 1. The Morgan fingerprint density at radius 1 is 1.29 bits per heavy atom. The fourth-order valence-corrected chi connectivity index (χ4v) is 4.17. The van der Waals surface area contributed by atoms with Crippen LogP contribution in [0, 0.1) is 5.92 Å². The maximum Gasteiger partial charge on any atom is 0.234 e. The van der Waals surface area contributed by atoms with E-state index in [2.05, 4.69) is 32.9 Å². The fourth-order valence-electron chi connectivity index (χ4n) is 2.95. The molecule has 0 saturated carbocycles. The summed E-state index contributed by atoms with van der Waals surface area (Å²) in [5.74, 6) is -0.807. The zero-order chi connectivity index (χ0) is 18.1. The van der Waals surface area contributed by atoms with E-state index >= 15 is 0 Å². The smallest absolute Gasteiger partial charge is 0.234 e. The van der Waals surface area contributed by atoms with Crippen molar-refractivity contribution in [3.8, 4) is 0 Å². The van der Waals surface area contributed by atoms with Crippen LogP contribution in [0.25, 0.3) is 0 Å². The molecule has 24 heavy (non-hydrogen) atoms. The highest BCUT2D eigenvalue weighted by Crippen LogP contribution is 2.41. The maximum atomic E-state index is 12.3. The van der Waals surface area contributed by atoms with Crippen LogP contribution < -0.4 is 5.11 Å². The Balaban J connectivity index is 2.31. The van der Waals surface area contributed by atoms with Crippen molar-refractivity contribution in [2.24, 2.45) is 5.92 Å². The number of rotatable bonds is 5. The number of carbonyl (C=O) groups is 2. The Bertz CT molecular complexity index is 604. The minimum absolute atomic E-state index is 0.0576. The van der Waals surface area contributed by atoms with E-state index in [1.807, 2.05) is 26.0 Å². The molecule has 0 N–H and O–H groups in total. The average Bonchev–Trinajstić information content (AvgIpc) is 2.85. The second-order valence-corrected chi connectivity index (χ2v) is 8.87. The van der Waals surface area contributed by atoms with Gasteiger partial charge in [-0.2, -0.15) is 0 Å². The molecule has 1 fully saturated rings. The lowest BCUT2D eigenvalue weighted by atomic mass is 9.86. The Kier molecular flexibility index (Phi) is 5.63. The quantitative estimate of drug-likeness (QED) is 0.821. The first-order valence-electron chi connectivity index (χ1n) is 8.35. The summed E-state index contributed by atoms with van der Waals surface area (Å²) in [6, 6.07) is 7.26. The number of benzene rings is 1. The monoisotopic (exact) mass is 348 g/mol. The molecule has 1 aromatic rings. The summed E-state index contributed by atoms with van der Waals surface area (Å²) in [5.41, 5.74) is 2.24. The molecule has 0 bridgehead atoms. The molecule has 1 aliphatic rings. The van der Waals surface area contributed by atoms with Crippen LogP contribution >= 0.6 is 11.8 Å². The van der Waals surface area contributed by atoms with Gasteiger partial charge in [-0.05, 0) is 28.9 Å². The van der Waals surface area contributed by atoms with Gasteiger partial charge in [0.05, 0.1) is 17.8 Å². The van der Waals surface area contributed by atoms with Gasteiger partial charge < -0.3 is 14.8 Å². The van der Waals surface area contributed by atoms with Gasteiger partial charge in [-0.25, -0.2) is 0 Å². The molecule has 2 rings (SSSR count). The molecule has 0 spiro atoms. The molecule has 1 heterocycles. The molecular weight excluding hydrogens is 322 g/mol. The summed E-state index contributed by atoms with van der Waals surface area (Å²) >= 11 is 1.48. The van der Waals surface area contributed by atoms with E-state index in [-0.39, 0.29) is 22.6 Å². The van der Waals surface area contributed by atoms with Crippen molar-refractivity contribution in [2.45, 2.75) is 57.9 Å². The highest BCUT2D eigenvalue weighted by Gasteiger charge is 2.38. The molecule has 0 aliphatic carbocycles. The van der Waals surface area contributed by atoms with Gasteiger partial charge in [0, 0.05) is 0 Å². The molecule has 0 unspecified atom stereocenters. The van der Waals surface area contributed by atoms with Crippen molar-refractivity contribution in [2.75, 3.05) is 5.75 Å². The summed E-state index contributed by atoms with van der Waals surface area (Å²) in [6.45, 7) is 10.4. The SMILES string of the molecule is CC(C)C[C@@H](C(=O)[O-])N1C(=O)CS[C@@H]1c1ccc(C(C)(C)C)cc1. The minimum atomic E-state index is -1.17. The predicted molar refractivity (Wildman–Crippen MR) is 95.4 cm³/mol. The predicted octanol–water partition coefficient (Wildman–Crippen LogP) is 2.72. The fraction of sp³-hybridized carbons (Fsp3) is 0.579. The van der Waals surface area contributed by atoms with Crippen molar-refractivity contribution in [3.05, 3.63) is 35.4 Å². The van der Waals surface area contributed by atoms with Crippen molar-refractivity contribution >= 4 is 23.6 Å². The molecule has 4 nitrogen and oxygen atoms in total. The van der Waals surface area contributed by atoms with E-state index in [1.165, 1.54) is 22.2 Å². The van der Waals surface area contributed by atoms with Crippen LogP contribution in [-0.2, 0) is 15.0 Å². The van der Waals surface area contributed by atoms with Crippen LogP contribution in [0.15, 0.2) is 24.3 Å². The number of carbonyl (C=O) groups excluding carboxylic acids is 2. The number of amides is 1. The Morgan fingerprint density at radius 2 is 1.88 bits per heavy atom. The highest BCUT2D eigenvalue weighted by molar-refractivity contribution is 8.00. The third-order valence-electron chi connectivity index (χ3n) is 4.27. The summed E-state index contributed by atoms with van der Waals surface area (Å²) in [6.07, 6.45) is 0.408. The van der Waals surface area contributed by atoms with Crippen molar-refractivity contribution in [1.29, 1.82) is 0 Å². The molecule has 1 amide bonds. The topological polar surface area (TPSA) is 60.4 Å². The number of hydrogen-bond acceptors (Lipinski definition) is 4. The lowest BCUT2D eigenvalue weighted by molar-refractivity contribution is -0.312. The van der Waals surface area contributed by atoms with Crippen LogP contribution in [0.4, 0.5) is 0 Å². The number of nitrogens with zero attached hydrogens (tertiary/aromatic N) is 1. The molecule has 1 aromatic carbocycles. The Labute approximate surface area is 148 Å². The summed E-state index contributed by atoms with van der Waals surface area (Å²) < 4.78 is 0. The van der Waals surface area contributed by atoms with Crippen LogP contribution in [-0.4, -0.2) is 28.6 Å². The molecule has 5 heteroatoms. The number of thioether (sulfide) groups is 1. The van der Waals surface area contributed by atoms with Gasteiger partial charge in [0.15, 0.2) is 0 Å². The largest absolute Gasteiger partial charge is 0.548 e. The Hall–Kier alpha value is -1.49. The average molecular weight is 348 g/mol. The van der Waals surface area contributed by atoms with Gasteiger partial charge in [0.2, 0.25) is 5.91 Å². The molecule has 1 saturated heterocycles. The zero-order valence-corrected chi connectivity index (χ0v) is 15.9.